The van der Waals surface area contributed by atoms with Crippen LogP contribution in [0.2, 0.25) is 0 Å². The van der Waals surface area contributed by atoms with Crippen molar-refractivity contribution in [3.63, 3.8) is 0 Å². The molecule has 0 saturated carbocycles. The summed E-state index contributed by atoms with van der Waals surface area (Å²) in [6.45, 7) is 8.60. The first kappa shape index (κ1) is 47.4. The van der Waals surface area contributed by atoms with E-state index >= 15 is 0 Å². The molecule has 1 heterocycles. The van der Waals surface area contributed by atoms with Crippen LogP contribution < -0.4 is 19.6 Å². The average molecular weight is 896 g/mol. The van der Waals surface area contributed by atoms with Crippen LogP contribution in [0.5, 0.6) is 17.2 Å². The van der Waals surface area contributed by atoms with Gasteiger partial charge in [-0.05, 0) is 135 Å². The maximum Gasteiger partial charge on any atom is 0.343 e. The van der Waals surface area contributed by atoms with Crippen LogP contribution >= 0.6 is 11.3 Å². The molecule has 0 fully saturated rings. The van der Waals surface area contributed by atoms with Crippen molar-refractivity contribution in [1.29, 1.82) is 0 Å². The topological polar surface area (TPSA) is 152 Å². The molecule has 13 heteroatoms. The minimum Gasteiger partial charge on any atom is -0.494 e. The van der Waals surface area contributed by atoms with Gasteiger partial charge in [-0.25, -0.2) is 19.4 Å². The van der Waals surface area contributed by atoms with Gasteiger partial charge in [0.2, 0.25) is 5.13 Å². The third-order valence-electron chi connectivity index (χ3n) is 10.3. The van der Waals surface area contributed by atoms with Crippen LogP contribution in [0.1, 0.15) is 89.6 Å². The van der Waals surface area contributed by atoms with Crippen LogP contribution in [0, 0.1) is 0 Å². The number of unbranched alkanes of at least 4 members (excludes halogenated alkanes) is 6. The van der Waals surface area contributed by atoms with Crippen LogP contribution in [0.25, 0.3) is 21.0 Å². The number of ketones is 1. The number of benzene rings is 5. The van der Waals surface area contributed by atoms with Crippen LogP contribution in [-0.4, -0.2) is 61.3 Å². The fraction of sp³-hybridized carbons (Fsp3) is 0.269. The van der Waals surface area contributed by atoms with Crippen LogP contribution in [-0.2, 0) is 25.5 Å². The molecule has 0 bridgehead atoms. The van der Waals surface area contributed by atoms with E-state index in [9.17, 15) is 19.2 Å². The molecule has 5 aromatic carbocycles. The number of hydrogen-bond donors (Lipinski definition) is 1. The average Bonchev–Trinajstić information content (AvgIpc) is 3.76. The summed E-state index contributed by atoms with van der Waals surface area (Å²) in [7, 11) is 0. The Morgan fingerprint density at radius 3 is 1.80 bits per heavy atom. The number of hydrogen-bond acceptors (Lipinski definition) is 13. The van der Waals surface area contributed by atoms with Gasteiger partial charge in [-0.1, -0.05) is 60.9 Å². The summed E-state index contributed by atoms with van der Waals surface area (Å²) in [5, 5.41) is 6.72. The van der Waals surface area contributed by atoms with E-state index in [1.165, 1.54) is 11.3 Å². The molecule has 0 aliphatic carbocycles. The third-order valence-corrected chi connectivity index (χ3v) is 11.3. The first-order valence-corrected chi connectivity index (χ1v) is 22.6. The van der Waals surface area contributed by atoms with E-state index in [-0.39, 0.29) is 12.2 Å². The number of Topliss-reactive ketones (excluding diaryl/α,β-unsaturated/α-hetero) is 1. The molecule has 1 aromatic heterocycles. The number of nitrogens with zero attached hydrogens (tertiary/aromatic N) is 2. The molecule has 0 unspecified atom stereocenters. The van der Waals surface area contributed by atoms with Crippen molar-refractivity contribution in [1.82, 2.24) is 4.98 Å². The highest BCUT2D eigenvalue weighted by molar-refractivity contribution is 7.22. The Hall–Kier alpha value is -7.12. The number of carbonyl (C=O) groups is 4. The van der Waals surface area contributed by atoms with Crippen molar-refractivity contribution in [3.05, 3.63) is 151 Å². The van der Waals surface area contributed by atoms with Gasteiger partial charge in [0, 0.05) is 35.1 Å². The number of rotatable bonds is 27. The summed E-state index contributed by atoms with van der Waals surface area (Å²) in [4.78, 5) is 54.2. The Balaban J connectivity index is 1.10. The smallest absolute Gasteiger partial charge is 0.343 e. The normalized spacial score (nSPS) is 11.0. The van der Waals surface area contributed by atoms with Gasteiger partial charge in [-0.15, -0.1) is 0 Å². The van der Waals surface area contributed by atoms with Gasteiger partial charge in [-0.3, -0.25) is 10.2 Å². The lowest BCUT2D eigenvalue weighted by Gasteiger charge is -2.15. The van der Waals surface area contributed by atoms with Crippen molar-refractivity contribution in [2.24, 2.45) is 5.10 Å². The number of carbonyl (C=O) groups excluding carboxylic acids is 4. The Bertz CT molecular complexity index is 2550. The molecule has 6 rings (SSSR count). The van der Waals surface area contributed by atoms with E-state index in [4.69, 9.17) is 23.7 Å². The summed E-state index contributed by atoms with van der Waals surface area (Å²) in [5.41, 5.74) is 6.40. The molecule has 6 aromatic rings. The van der Waals surface area contributed by atoms with Gasteiger partial charge in [0.25, 0.3) is 0 Å². The minimum atomic E-state index is -0.534. The lowest BCUT2D eigenvalue weighted by molar-refractivity contribution is -0.138. The molecule has 1 N–H and O–H groups in total. The fourth-order valence-electron chi connectivity index (χ4n) is 6.90. The van der Waals surface area contributed by atoms with Crippen LogP contribution in [0.4, 0.5) is 5.13 Å². The highest BCUT2D eigenvalue weighted by Gasteiger charge is 2.18. The van der Waals surface area contributed by atoms with Crippen molar-refractivity contribution in [3.8, 4) is 17.2 Å². The Morgan fingerprint density at radius 1 is 0.646 bits per heavy atom. The number of fused-ring (bicyclic) bond motifs is 2. The molecule has 0 aliphatic rings. The van der Waals surface area contributed by atoms with Crippen LogP contribution in [0.15, 0.2) is 134 Å². The second-order valence-electron chi connectivity index (χ2n) is 15.0. The second kappa shape index (κ2) is 25.2. The lowest BCUT2D eigenvalue weighted by Crippen LogP contribution is -2.10. The number of aromatic nitrogens is 1. The van der Waals surface area contributed by atoms with E-state index < -0.39 is 17.9 Å². The highest BCUT2D eigenvalue weighted by atomic mass is 32.1. The van der Waals surface area contributed by atoms with Crippen molar-refractivity contribution in [2.75, 3.05) is 31.9 Å². The number of thiazole rings is 1. The van der Waals surface area contributed by atoms with Gasteiger partial charge in [-0.2, -0.15) is 5.10 Å². The molecule has 0 radical (unpaired) electrons. The van der Waals surface area contributed by atoms with Gasteiger partial charge >= 0.3 is 17.9 Å². The van der Waals surface area contributed by atoms with Crippen molar-refractivity contribution >= 4 is 67.4 Å². The van der Waals surface area contributed by atoms with E-state index in [0.29, 0.717) is 71.9 Å². The molecule has 12 nitrogen and oxygen atoms in total. The molecular formula is C52H53N3O9S. The molecule has 65 heavy (non-hydrogen) atoms. The zero-order valence-electron chi connectivity index (χ0n) is 36.3. The first-order valence-electron chi connectivity index (χ1n) is 21.8. The van der Waals surface area contributed by atoms with Gasteiger partial charge in [0.1, 0.15) is 17.2 Å². The fourth-order valence-corrected chi connectivity index (χ4v) is 7.72. The Labute approximate surface area is 382 Å². The summed E-state index contributed by atoms with van der Waals surface area (Å²) in [5.74, 6) is 0.300. The number of hydrazone groups is 1. The summed E-state index contributed by atoms with van der Waals surface area (Å²) in [6, 6.07) is 31.3. The number of aryl methyl sites for hydroxylation is 1. The summed E-state index contributed by atoms with van der Waals surface area (Å²) >= 11 is 1.48. The highest BCUT2D eigenvalue weighted by Crippen LogP contribution is 2.33. The van der Waals surface area contributed by atoms with Crippen molar-refractivity contribution < 1.29 is 42.9 Å². The molecule has 336 valence electrons. The molecular weight excluding hydrogens is 843 g/mol. The van der Waals surface area contributed by atoms with E-state index in [2.05, 4.69) is 28.7 Å². The van der Waals surface area contributed by atoms with E-state index in [0.717, 1.165) is 90.1 Å². The predicted molar refractivity (Wildman–Crippen MR) is 256 cm³/mol. The maximum absolute atomic E-state index is 13.6. The SMILES string of the molecule is C=CC(=O)OCCCCCCOc1ccc(C(=O)CCc2c(/C=N/Nc3nc4ccccc4s3)cc(OC(=O)c3ccc(OCCCCCCOC(=O)C=C)cc3)c3ccccc23)cc1. The standard InChI is InChI=1S/C52H53N3O9S/c1-3-49(57)62-33-15-7-5-13-31-60-40-25-21-37(22-26-40)46(56)30-29-42-39(36-53-55-52-54-45-19-11-12-20-48(45)65-52)35-47(44-18-10-9-17-43(42)44)64-51(59)38-23-27-41(28-24-38)61-32-14-6-8-16-34-63-50(58)4-2/h3-4,9-12,17-28,35-36H,1-2,5-8,13-16,29-34H2,(H,54,55)/b53-36+. The Kier molecular flexibility index (Phi) is 18.4. The first-order chi connectivity index (χ1) is 31.8. The van der Waals surface area contributed by atoms with Crippen LogP contribution in [0.3, 0.4) is 0 Å². The quantitative estimate of drug-likeness (QED) is 0.0100. The molecule has 0 aliphatic heterocycles. The van der Waals surface area contributed by atoms with Gasteiger partial charge in [0.05, 0.1) is 48.4 Å². The second-order valence-corrected chi connectivity index (χ2v) is 16.0. The van der Waals surface area contributed by atoms with E-state index in [1.54, 1.807) is 48.7 Å². The number of para-hydroxylation sites is 1. The summed E-state index contributed by atoms with van der Waals surface area (Å²) in [6.07, 6.45) is 11.6. The van der Waals surface area contributed by atoms with Crippen molar-refractivity contribution in [2.45, 2.75) is 64.2 Å². The molecule has 0 atom stereocenters. The maximum atomic E-state index is 13.6. The third kappa shape index (κ3) is 14.7. The monoisotopic (exact) mass is 895 g/mol. The number of nitrogens with one attached hydrogen (secondary N) is 1. The van der Waals surface area contributed by atoms with Gasteiger partial charge in [0.15, 0.2) is 5.78 Å². The molecule has 0 saturated heterocycles. The molecule has 0 amide bonds. The van der Waals surface area contributed by atoms with Gasteiger partial charge < -0.3 is 23.7 Å². The number of ether oxygens (including phenoxy) is 5. The largest absolute Gasteiger partial charge is 0.494 e. The Morgan fingerprint density at radius 2 is 1.20 bits per heavy atom. The zero-order chi connectivity index (χ0) is 45.6. The number of anilines is 1. The minimum absolute atomic E-state index is 0.0278. The molecule has 0 spiro atoms. The number of esters is 3. The predicted octanol–water partition coefficient (Wildman–Crippen LogP) is 11.3. The zero-order valence-corrected chi connectivity index (χ0v) is 37.2. The summed E-state index contributed by atoms with van der Waals surface area (Å²) < 4.78 is 28.9. The van der Waals surface area contributed by atoms with E-state index in [1.807, 2.05) is 60.7 Å². The lowest BCUT2D eigenvalue weighted by atomic mass is 9.93.